The highest BCUT2D eigenvalue weighted by molar-refractivity contribution is 5.89. The van der Waals surface area contributed by atoms with Gasteiger partial charge in [0.1, 0.15) is 0 Å². The van der Waals surface area contributed by atoms with Gasteiger partial charge in [0.25, 0.3) is 0 Å². The molecular formula is C13H20N2O2. The molecule has 0 aromatic rings. The molecule has 0 unspecified atom stereocenters. The quantitative estimate of drug-likeness (QED) is 0.659. The smallest absolute Gasteiger partial charge is 0.226 e. The topological polar surface area (TPSA) is 40.6 Å². The predicted octanol–water partition coefficient (Wildman–Crippen LogP) is 0.601. The highest BCUT2D eigenvalue weighted by Crippen LogP contribution is 2.49. The number of carbonyl (C=O) groups excluding carboxylic acids is 2. The molecular weight excluding hydrogens is 216 g/mol. The lowest BCUT2D eigenvalue weighted by molar-refractivity contribution is -0.144. The Hall–Kier alpha value is -1.32. The highest BCUT2D eigenvalue weighted by Gasteiger charge is 2.52. The third-order valence-electron chi connectivity index (χ3n) is 3.91. The molecule has 0 N–H and O–H groups in total. The van der Waals surface area contributed by atoms with E-state index in [2.05, 4.69) is 12.2 Å². The second-order valence-electron chi connectivity index (χ2n) is 5.47. The van der Waals surface area contributed by atoms with Gasteiger partial charge in [-0.1, -0.05) is 12.2 Å². The third kappa shape index (κ3) is 1.85. The summed E-state index contributed by atoms with van der Waals surface area (Å²) >= 11 is 0. The summed E-state index contributed by atoms with van der Waals surface area (Å²) in [6.45, 7) is 0. The van der Waals surface area contributed by atoms with Crippen molar-refractivity contribution in [2.75, 3.05) is 28.2 Å². The molecule has 0 radical (unpaired) electrons. The van der Waals surface area contributed by atoms with Crippen molar-refractivity contribution in [1.82, 2.24) is 9.80 Å². The Morgan fingerprint density at radius 3 is 1.53 bits per heavy atom. The summed E-state index contributed by atoms with van der Waals surface area (Å²) in [5, 5.41) is 0. The molecule has 0 aromatic heterocycles. The van der Waals surface area contributed by atoms with Crippen molar-refractivity contribution in [2.24, 2.45) is 23.7 Å². The van der Waals surface area contributed by atoms with Crippen LogP contribution in [0, 0.1) is 23.7 Å². The molecule has 2 amide bonds. The lowest BCUT2D eigenvalue weighted by Crippen LogP contribution is -2.43. The van der Waals surface area contributed by atoms with Crippen LogP contribution >= 0.6 is 0 Å². The van der Waals surface area contributed by atoms with E-state index in [0.29, 0.717) is 0 Å². The van der Waals surface area contributed by atoms with E-state index >= 15 is 0 Å². The Balaban J connectivity index is 2.27. The minimum absolute atomic E-state index is 0.0852. The molecule has 2 rings (SSSR count). The van der Waals surface area contributed by atoms with Crippen LogP contribution in [0.2, 0.25) is 0 Å². The number of amides is 2. The van der Waals surface area contributed by atoms with E-state index in [1.807, 2.05) is 0 Å². The fourth-order valence-electron chi connectivity index (χ4n) is 3.09. The van der Waals surface area contributed by atoms with Crippen LogP contribution in [0.1, 0.15) is 6.42 Å². The summed E-state index contributed by atoms with van der Waals surface area (Å²) in [5.74, 6) is 0.362. The maximum absolute atomic E-state index is 12.2. The van der Waals surface area contributed by atoms with Gasteiger partial charge in [-0.2, -0.15) is 0 Å². The Bertz CT molecular complexity index is 340. The van der Waals surface area contributed by atoms with Crippen LogP contribution in [0.5, 0.6) is 0 Å². The van der Waals surface area contributed by atoms with Crippen LogP contribution < -0.4 is 0 Å². The molecule has 4 heteroatoms. The first-order valence-corrected chi connectivity index (χ1v) is 6.04. The number of allylic oxidation sites excluding steroid dienone is 2. The van der Waals surface area contributed by atoms with Gasteiger partial charge >= 0.3 is 0 Å². The predicted molar refractivity (Wildman–Crippen MR) is 65.1 cm³/mol. The van der Waals surface area contributed by atoms with Gasteiger partial charge in [-0.3, -0.25) is 9.59 Å². The van der Waals surface area contributed by atoms with Gasteiger partial charge in [-0.05, 0) is 18.3 Å². The van der Waals surface area contributed by atoms with Crippen LogP contribution in [0.15, 0.2) is 12.2 Å². The highest BCUT2D eigenvalue weighted by atomic mass is 16.2. The van der Waals surface area contributed by atoms with Crippen molar-refractivity contribution in [3.8, 4) is 0 Å². The van der Waals surface area contributed by atoms with Crippen molar-refractivity contribution in [2.45, 2.75) is 6.42 Å². The maximum atomic E-state index is 12.2. The summed E-state index contributed by atoms with van der Waals surface area (Å²) in [6.07, 6.45) is 5.17. The van der Waals surface area contributed by atoms with Crippen molar-refractivity contribution in [1.29, 1.82) is 0 Å². The Labute approximate surface area is 102 Å². The molecule has 0 saturated heterocycles. The van der Waals surface area contributed by atoms with Gasteiger partial charge in [-0.25, -0.2) is 0 Å². The standard InChI is InChI=1S/C13H20N2O2/c1-14(2)12(16)10-8-5-6-9(7-8)11(10)13(17)15(3)4/h5-6,8-11H,7H2,1-4H3/t8-,9+,10-,11-/m1/s1. The average Bonchev–Trinajstić information content (AvgIpc) is 2.85. The molecule has 2 aliphatic carbocycles. The molecule has 0 aromatic carbocycles. The Kier molecular flexibility index (Phi) is 2.98. The number of nitrogens with zero attached hydrogens (tertiary/aromatic N) is 2. The number of rotatable bonds is 2. The normalized spacial score (nSPS) is 33.9. The fourth-order valence-corrected chi connectivity index (χ4v) is 3.09. The first-order valence-electron chi connectivity index (χ1n) is 6.04. The molecule has 17 heavy (non-hydrogen) atoms. The van der Waals surface area contributed by atoms with E-state index in [0.717, 1.165) is 6.42 Å². The van der Waals surface area contributed by atoms with E-state index < -0.39 is 0 Å². The van der Waals surface area contributed by atoms with Gasteiger partial charge in [-0.15, -0.1) is 0 Å². The largest absolute Gasteiger partial charge is 0.349 e. The molecule has 2 aliphatic rings. The number of fused-ring (bicyclic) bond motifs is 2. The summed E-state index contributed by atoms with van der Waals surface area (Å²) in [5.41, 5.74) is 0. The van der Waals surface area contributed by atoms with Crippen LogP contribution in [0.25, 0.3) is 0 Å². The van der Waals surface area contributed by atoms with Crippen LogP contribution in [-0.2, 0) is 9.59 Å². The zero-order valence-corrected chi connectivity index (χ0v) is 10.9. The second kappa shape index (κ2) is 4.17. The molecule has 0 heterocycles. The lowest BCUT2D eigenvalue weighted by atomic mass is 9.81. The van der Waals surface area contributed by atoms with Crippen molar-refractivity contribution >= 4 is 11.8 Å². The summed E-state index contributed by atoms with van der Waals surface area (Å²) in [7, 11) is 7.04. The van der Waals surface area contributed by atoms with E-state index in [1.165, 1.54) is 0 Å². The van der Waals surface area contributed by atoms with Gasteiger partial charge in [0.15, 0.2) is 0 Å². The zero-order valence-electron chi connectivity index (χ0n) is 10.9. The fraction of sp³-hybridized carbons (Fsp3) is 0.692. The van der Waals surface area contributed by atoms with Crippen molar-refractivity contribution in [3.63, 3.8) is 0 Å². The minimum atomic E-state index is -0.158. The first-order chi connectivity index (χ1) is 7.93. The maximum Gasteiger partial charge on any atom is 0.226 e. The van der Waals surface area contributed by atoms with E-state index in [9.17, 15) is 9.59 Å². The van der Waals surface area contributed by atoms with Crippen molar-refractivity contribution in [3.05, 3.63) is 12.2 Å². The number of carbonyl (C=O) groups is 2. The molecule has 0 spiro atoms. The third-order valence-corrected chi connectivity index (χ3v) is 3.91. The average molecular weight is 236 g/mol. The van der Waals surface area contributed by atoms with Gasteiger partial charge in [0.05, 0.1) is 11.8 Å². The second-order valence-corrected chi connectivity index (χ2v) is 5.47. The Morgan fingerprint density at radius 1 is 0.882 bits per heavy atom. The van der Waals surface area contributed by atoms with E-state index in [1.54, 1.807) is 38.0 Å². The molecule has 0 aliphatic heterocycles. The minimum Gasteiger partial charge on any atom is -0.349 e. The number of hydrogen-bond acceptors (Lipinski definition) is 2. The molecule has 4 nitrogen and oxygen atoms in total. The SMILES string of the molecule is CN(C)C(=O)[C@H]1[C@H](C(=O)N(C)C)[C@H]2C=C[C@@H]1C2. The molecule has 1 saturated carbocycles. The van der Waals surface area contributed by atoms with Crippen LogP contribution in [-0.4, -0.2) is 49.8 Å². The van der Waals surface area contributed by atoms with Gasteiger partial charge < -0.3 is 9.80 Å². The van der Waals surface area contributed by atoms with Crippen molar-refractivity contribution < 1.29 is 9.59 Å². The summed E-state index contributed by atoms with van der Waals surface area (Å²) in [6, 6.07) is 0. The van der Waals surface area contributed by atoms with Crippen LogP contribution in [0.3, 0.4) is 0 Å². The van der Waals surface area contributed by atoms with E-state index in [4.69, 9.17) is 0 Å². The Morgan fingerprint density at radius 2 is 1.24 bits per heavy atom. The molecule has 94 valence electrons. The van der Waals surface area contributed by atoms with Crippen LogP contribution in [0.4, 0.5) is 0 Å². The molecule has 4 atom stereocenters. The molecule has 2 bridgehead atoms. The van der Waals surface area contributed by atoms with E-state index in [-0.39, 0.29) is 35.5 Å². The van der Waals surface area contributed by atoms with Gasteiger partial charge in [0.2, 0.25) is 11.8 Å². The molecule has 1 fully saturated rings. The zero-order chi connectivity index (χ0) is 12.7. The lowest BCUT2D eigenvalue weighted by Gasteiger charge is -2.30. The summed E-state index contributed by atoms with van der Waals surface area (Å²) < 4.78 is 0. The number of hydrogen-bond donors (Lipinski definition) is 0. The first kappa shape index (κ1) is 12.1. The monoisotopic (exact) mass is 236 g/mol. The summed E-state index contributed by atoms with van der Waals surface area (Å²) in [4.78, 5) is 27.6. The van der Waals surface area contributed by atoms with Gasteiger partial charge in [0, 0.05) is 28.2 Å².